The number of amides is 1. The molecule has 1 unspecified atom stereocenters. The molecule has 0 fully saturated rings. The van der Waals surface area contributed by atoms with Crippen LogP contribution in [0.25, 0.3) is 0 Å². The molecular formula is C19H20ClNO2. The topological polar surface area (TPSA) is 46.2 Å². The molecule has 2 aromatic rings. The van der Waals surface area contributed by atoms with Crippen molar-refractivity contribution >= 4 is 23.3 Å². The maximum absolute atomic E-state index is 12.1. The largest absolute Gasteiger partial charge is 0.350 e. The molecule has 0 aromatic heterocycles. The van der Waals surface area contributed by atoms with Crippen molar-refractivity contribution in [2.45, 2.75) is 32.7 Å². The molecule has 1 atom stereocenters. The number of nitrogens with one attached hydrogen (secondary N) is 1. The van der Waals surface area contributed by atoms with Crippen LogP contribution >= 0.6 is 11.6 Å². The van der Waals surface area contributed by atoms with Gasteiger partial charge in [-0.15, -0.1) is 0 Å². The van der Waals surface area contributed by atoms with Gasteiger partial charge in [0.25, 0.3) is 0 Å². The zero-order valence-corrected chi connectivity index (χ0v) is 14.1. The normalized spacial score (nSPS) is 11.8. The average molecular weight is 330 g/mol. The van der Waals surface area contributed by atoms with Gasteiger partial charge in [-0.3, -0.25) is 9.59 Å². The van der Waals surface area contributed by atoms with Gasteiger partial charge in [-0.1, -0.05) is 59.6 Å². The van der Waals surface area contributed by atoms with Crippen molar-refractivity contribution in [3.8, 4) is 0 Å². The van der Waals surface area contributed by atoms with Crippen molar-refractivity contribution in [1.82, 2.24) is 5.32 Å². The molecule has 1 N–H and O–H groups in total. The van der Waals surface area contributed by atoms with E-state index in [1.165, 1.54) is 0 Å². The molecule has 0 heterocycles. The monoisotopic (exact) mass is 329 g/mol. The van der Waals surface area contributed by atoms with Gasteiger partial charge in [-0.05, 0) is 25.5 Å². The van der Waals surface area contributed by atoms with E-state index < -0.39 is 0 Å². The molecule has 0 aliphatic rings. The van der Waals surface area contributed by atoms with Gasteiger partial charge in [0, 0.05) is 23.4 Å². The van der Waals surface area contributed by atoms with Gasteiger partial charge in [-0.2, -0.15) is 0 Å². The quantitative estimate of drug-likeness (QED) is 0.794. The zero-order valence-electron chi connectivity index (χ0n) is 13.3. The summed E-state index contributed by atoms with van der Waals surface area (Å²) < 4.78 is 0. The van der Waals surface area contributed by atoms with Crippen molar-refractivity contribution in [1.29, 1.82) is 0 Å². The van der Waals surface area contributed by atoms with Crippen molar-refractivity contribution in [2.75, 3.05) is 0 Å². The molecule has 3 nitrogen and oxygen atoms in total. The van der Waals surface area contributed by atoms with Crippen LogP contribution in [0, 0.1) is 6.92 Å². The van der Waals surface area contributed by atoms with Crippen LogP contribution in [0.2, 0.25) is 5.02 Å². The fraction of sp³-hybridized carbons (Fsp3) is 0.263. The van der Waals surface area contributed by atoms with E-state index in [0.717, 1.165) is 11.1 Å². The van der Waals surface area contributed by atoms with Crippen molar-refractivity contribution < 1.29 is 9.59 Å². The van der Waals surface area contributed by atoms with Gasteiger partial charge >= 0.3 is 0 Å². The molecule has 0 bridgehead atoms. The summed E-state index contributed by atoms with van der Waals surface area (Å²) in [6, 6.07) is 14.6. The minimum atomic E-state index is -0.189. The predicted molar refractivity (Wildman–Crippen MR) is 92.8 cm³/mol. The Morgan fingerprint density at radius 1 is 1.04 bits per heavy atom. The Morgan fingerprint density at radius 3 is 2.35 bits per heavy atom. The van der Waals surface area contributed by atoms with Gasteiger partial charge in [0.05, 0.1) is 6.04 Å². The Hall–Kier alpha value is -2.13. The Morgan fingerprint density at radius 2 is 1.70 bits per heavy atom. The number of benzene rings is 2. The Kier molecular flexibility index (Phi) is 5.94. The summed E-state index contributed by atoms with van der Waals surface area (Å²) in [5.41, 5.74) is 2.61. The highest BCUT2D eigenvalue weighted by atomic mass is 35.5. The minimum Gasteiger partial charge on any atom is -0.350 e. The van der Waals surface area contributed by atoms with Gasteiger partial charge < -0.3 is 5.32 Å². The number of ketones is 1. The number of halogens is 1. The van der Waals surface area contributed by atoms with Crippen LogP contribution in [-0.2, 0) is 4.79 Å². The first-order valence-corrected chi connectivity index (χ1v) is 7.99. The average Bonchev–Trinajstić information content (AvgIpc) is 2.53. The van der Waals surface area contributed by atoms with Gasteiger partial charge in [0.2, 0.25) is 5.91 Å². The molecule has 120 valence electrons. The summed E-state index contributed by atoms with van der Waals surface area (Å²) in [5.74, 6) is -0.177. The second-order valence-corrected chi connectivity index (χ2v) is 6.01. The lowest BCUT2D eigenvalue weighted by Gasteiger charge is -2.15. The highest BCUT2D eigenvalue weighted by molar-refractivity contribution is 6.31. The van der Waals surface area contributed by atoms with E-state index >= 15 is 0 Å². The first-order valence-electron chi connectivity index (χ1n) is 7.61. The SMILES string of the molecule is Cc1ccc(C(=O)CCC(=O)NC(C)c2ccccc2Cl)cc1. The number of hydrogen-bond donors (Lipinski definition) is 1. The van der Waals surface area contributed by atoms with E-state index in [1.807, 2.05) is 44.2 Å². The standard InChI is InChI=1S/C19H20ClNO2/c1-13-7-9-15(10-8-13)18(22)11-12-19(23)21-14(2)16-5-3-4-6-17(16)20/h3-10,14H,11-12H2,1-2H3,(H,21,23). The van der Waals surface area contributed by atoms with E-state index in [4.69, 9.17) is 11.6 Å². The Balaban J connectivity index is 1.86. The van der Waals surface area contributed by atoms with Gasteiger partial charge in [0.15, 0.2) is 5.78 Å². The lowest BCUT2D eigenvalue weighted by molar-refractivity contribution is -0.121. The minimum absolute atomic E-state index is 0.0226. The van der Waals surface area contributed by atoms with Crippen LogP contribution in [-0.4, -0.2) is 11.7 Å². The van der Waals surface area contributed by atoms with E-state index in [1.54, 1.807) is 18.2 Å². The summed E-state index contributed by atoms with van der Waals surface area (Å²) in [7, 11) is 0. The Bertz CT molecular complexity index is 695. The maximum Gasteiger partial charge on any atom is 0.220 e. The molecule has 2 aromatic carbocycles. The van der Waals surface area contributed by atoms with Crippen LogP contribution in [0.3, 0.4) is 0 Å². The number of Topliss-reactive ketones (excluding diaryl/α,β-unsaturated/α-hetero) is 1. The van der Waals surface area contributed by atoms with Crippen LogP contribution < -0.4 is 5.32 Å². The van der Waals surface area contributed by atoms with Crippen LogP contribution in [0.5, 0.6) is 0 Å². The highest BCUT2D eigenvalue weighted by Crippen LogP contribution is 2.22. The number of hydrogen-bond acceptors (Lipinski definition) is 2. The first-order chi connectivity index (χ1) is 11.0. The van der Waals surface area contributed by atoms with Crippen LogP contribution in [0.1, 0.15) is 47.3 Å². The number of aryl methyl sites for hydroxylation is 1. The fourth-order valence-corrected chi connectivity index (χ4v) is 2.63. The molecule has 2 rings (SSSR count). The first kappa shape index (κ1) is 17.2. The molecule has 4 heteroatoms. The third-order valence-electron chi connectivity index (χ3n) is 3.70. The smallest absolute Gasteiger partial charge is 0.220 e. The van der Waals surface area contributed by atoms with E-state index in [-0.39, 0.29) is 30.6 Å². The molecule has 0 saturated heterocycles. The number of carbonyl (C=O) groups is 2. The van der Waals surface area contributed by atoms with Crippen LogP contribution in [0.15, 0.2) is 48.5 Å². The highest BCUT2D eigenvalue weighted by Gasteiger charge is 2.14. The maximum atomic E-state index is 12.1. The van der Waals surface area contributed by atoms with E-state index in [2.05, 4.69) is 5.32 Å². The number of carbonyl (C=O) groups excluding carboxylic acids is 2. The third kappa shape index (κ3) is 4.93. The molecule has 0 saturated carbocycles. The summed E-state index contributed by atoms with van der Waals surface area (Å²) >= 11 is 6.12. The van der Waals surface area contributed by atoms with Crippen molar-refractivity contribution in [2.24, 2.45) is 0 Å². The van der Waals surface area contributed by atoms with E-state index in [9.17, 15) is 9.59 Å². The number of rotatable bonds is 6. The molecule has 23 heavy (non-hydrogen) atoms. The van der Waals surface area contributed by atoms with Crippen molar-refractivity contribution in [3.63, 3.8) is 0 Å². The lowest BCUT2D eigenvalue weighted by Crippen LogP contribution is -2.27. The molecule has 0 radical (unpaired) electrons. The summed E-state index contributed by atoms with van der Waals surface area (Å²) in [4.78, 5) is 24.1. The third-order valence-corrected chi connectivity index (χ3v) is 4.05. The summed E-state index contributed by atoms with van der Waals surface area (Å²) in [6.07, 6.45) is 0.367. The molecular weight excluding hydrogens is 310 g/mol. The fourth-order valence-electron chi connectivity index (χ4n) is 2.33. The molecule has 0 aliphatic carbocycles. The molecule has 1 amide bonds. The second-order valence-electron chi connectivity index (χ2n) is 5.60. The zero-order chi connectivity index (χ0) is 16.8. The van der Waals surface area contributed by atoms with Crippen LogP contribution in [0.4, 0.5) is 0 Å². The van der Waals surface area contributed by atoms with Gasteiger partial charge in [-0.25, -0.2) is 0 Å². The van der Waals surface area contributed by atoms with E-state index in [0.29, 0.717) is 10.6 Å². The van der Waals surface area contributed by atoms with Gasteiger partial charge in [0.1, 0.15) is 0 Å². The predicted octanol–water partition coefficient (Wildman–Crippen LogP) is 4.49. The van der Waals surface area contributed by atoms with Crippen molar-refractivity contribution in [3.05, 3.63) is 70.2 Å². The second kappa shape index (κ2) is 7.93. The summed E-state index contributed by atoms with van der Waals surface area (Å²) in [5, 5.41) is 3.50. The summed E-state index contributed by atoms with van der Waals surface area (Å²) in [6.45, 7) is 3.85. The Labute approximate surface area is 141 Å². The lowest BCUT2D eigenvalue weighted by atomic mass is 10.0. The molecule has 0 spiro atoms. The molecule has 0 aliphatic heterocycles.